The lowest BCUT2D eigenvalue weighted by atomic mass is 10.2. The van der Waals surface area contributed by atoms with Crippen LogP contribution in [0.1, 0.15) is 12.1 Å². The van der Waals surface area contributed by atoms with E-state index in [1.54, 1.807) is 0 Å². The van der Waals surface area contributed by atoms with Crippen molar-refractivity contribution in [3.8, 4) is 0 Å². The van der Waals surface area contributed by atoms with Crippen molar-refractivity contribution in [3.05, 3.63) is 24.0 Å². The molecule has 0 fully saturated rings. The van der Waals surface area contributed by atoms with Crippen molar-refractivity contribution in [3.63, 3.8) is 0 Å². The molecular formula is C10H16N2O3. The molecule has 0 radical (unpaired) electrons. The number of carboxylic acids is 1. The molecule has 1 heterocycles. The van der Waals surface area contributed by atoms with Crippen LogP contribution in [0, 0.1) is 0 Å². The molecule has 0 aliphatic heterocycles. The fourth-order valence-corrected chi connectivity index (χ4v) is 1.29. The van der Waals surface area contributed by atoms with E-state index in [9.17, 15) is 9.90 Å². The third kappa shape index (κ3) is 5.19. The molecule has 0 aliphatic carbocycles. The van der Waals surface area contributed by atoms with Crippen LogP contribution in [0.2, 0.25) is 0 Å². The van der Waals surface area contributed by atoms with Crippen LogP contribution >= 0.6 is 0 Å². The van der Waals surface area contributed by atoms with Gasteiger partial charge in [0.15, 0.2) is 0 Å². The second kappa shape index (κ2) is 6.21. The summed E-state index contributed by atoms with van der Waals surface area (Å²) < 4.78 is 0. The van der Waals surface area contributed by atoms with Crippen molar-refractivity contribution >= 4 is 5.97 Å². The molecule has 1 rings (SSSR count). The fraction of sp³-hybridized carbons (Fsp3) is 0.500. The minimum Gasteiger partial charge on any atom is -0.481 e. The van der Waals surface area contributed by atoms with Crippen molar-refractivity contribution in [2.75, 3.05) is 13.1 Å². The lowest BCUT2D eigenvalue weighted by molar-refractivity contribution is -0.139. The van der Waals surface area contributed by atoms with E-state index in [1.165, 1.54) is 0 Å². The second-order valence-corrected chi connectivity index (χ2v) is 3.40. The highest BCUT2D eigenvalue weighted by Gasteiger charge is 2.08. The monoisotopic (exact) mass is 212 g/mol. The molecule has 0 aromatic carbocycles. The zero-order valence-electron chi connectivity index (χ0n) is 8.44. The molecule has 0 bridgehead atoms. The Morgan fingerprint density at radius 2 is 2.40 bits per heavy atom. The Bertz CT molecular complexity index is 285. The quantitative estimate of drug-likeness (QED) is 0.479. The summed E-state index contributed by atoms with van der Waals surface area (Å²) >= 11 is 0. The SMILES string of the molecule is O=C(O)CC(O)CNCCc1ccc[nH]1. The third-order valence-electron chi connectivity index (χ3n) is 2.02. The molecule has 0 spiro atoms. The van der Waals surface area contributed by atoms with Crippen LogP contribution in [0.15, 0.2) is 18.3 Å². The first-order valence-corrected chi connectivity index (χ1v) is 4.91. The molecule has 5 heteroatoms. The molecule has 1 unspecified atom stereocenters. The number of carbonyl (C=O) groups is 1. The van der Waals surface area contributed by atoms with Gasteiger partial charge >= 0.3 is 5.97 Å². The van der Waals surface area contributed by atoms with Crippen LogP contribution in [-0.4, -0.2) is 40.4 Å². The summed E-state index contributed by atoms with van der Waals surface area (Å²) in [5, 5.41) is 20.6. The van der Waals surface area contributed by atoms with Crippen LogP contribution < -0.4 is 5.32 Å². The number of rotatable bonds is 7. The first-order valence-electron chi connectivity index (χ1n) is 4.91. The van der Waals surface area contributed by atoms with Gasteiger partial charge in [0.25, 0.3) is 0 Å². The van der Waals surface area contributed by atoms with E-state index in [0.717, 1.165) is 18.7 Å². The summed E-state index contributed by atoms with van der Waals surface area (Å²) in [6.45, 7) is 1.03. The number of hydrogen-bond donors (Lipinski definition) is 4. The number of aromatic nitrogens is 1. The zero-order valence-corrected chi connectivity index (χ0v) is 8.44. The van der Waals surface area contributed by atoms with E-state index in [-0.39, 0.29) is 6.42 Å². The number of aliphatic hydroxyl groups is 1. The van der Waals surface area contributed by atoms with E-state index in [4.69, 9.17) is 5.11 Å². The molecule has 4 N–H and O–H groups in total. The lowest BCUT2D eigenvalue weighted by Crippen LogP contribution is -2.30. The first kappa shape index (κ1) is 11.7. The molecule has 84 valence electrons. The van der Waals surface area contributed by atoms with Gasteiger partial charge in [0, 0.05) is 25.0 Å². The summed E-state index contributed by atoms with van der Waals surface area (Å²) in [5.74, 6) is -0.978. The molecule has 1 aromatic rings. The molecular weight excluding hydrogens is 196 g/mol. The fourth-order valence-electron chi connectivity index (χ4n) is 1.29. The van der Waals surface area contributed by atoms with Gasteiger partial charge in [0.2, 0.25) is 0 Å². The van der Waals surface area contributed by atoms with E-state index >= 15 is 0 Å². The first-order chi connectivity index (χ1) is 7.18. The van der Waals surface area contributed by atoms with Gasteiger partial charge in [0.05, 0.1) is 12.5 Å². The minimum atomic E-state index is -0.978. The molecule has 0 saturated carbocycles. The number of aromatic amines is 1. The van der Waals surface area contributed by atoms with Crippen molar-refractivity contribution in [2.45, 2.75) is 18.9 Å². The Labute approximate surface area is 88.1 Å². The van der Waals surface area contributed by atoms with E-state index in [2.05, 4.69) is 10.3 Å². The number of carboxylic acid groups (broad SMARTS) is 1. The number of H-pyrrole nitrogens is 1. The van der Waals surface area contributed by atoms with Gasteiger partial charge in [0.1, 0.15) is 0 Å². The Balaban J connectivity index is 2.04. The highest BCUT2D eigenvalue weighted by molar-refractivity contribution is 5.67. The van der Waals surface area contributed by atoms with Gasteiger partial charge < -0.3 is 20.5 Å². The van der Waals surface area contributed by atoms with Gasteiger partial charge in [-0.05, 0) is 18.6 Å². The van der Waals surface area contributed by atoms with E-state index in [0.29, 0.717) is 6.54 Å². The topological polar surface area (TPSA) is 85.3 Å². The van der Waals surface area contributed by atoms with Gasteiger partial charge in [-0.2, -0.15) is 0 Å². The third-order valence-corrected chi connectivity index (χ3v) is 2.02. The molecule has 0 aliphatic rings. The minimum absolute atomic E-state index is 0.213. The number of aliphatic carboxylic acids is 1. The predicted octanol–water partition coefficient (Wildman–Crippen LogP) is -0.0176. The van der Waals surface area contributed by atoms with Crippen LogP contribution in [-0.2, 0) is 11.2 Å². The lowest BCUT2D eigenvalue weighted by Gasteiger charge is -2.08. The number of nitrogens with one attached hydrogen (secondary N) is 2. The van der Waals surface area contributed by atoms with E-state index in [1.807, 2.05) is 18.3 Å². The van der Waals surface area contributed by atoms with E-state index < -0.39 is 12.1 Å². The van der Waals surface area contributed by atoms with Crippen LogP contribution in [0.3, 0.4) is 0 Å². The van der Waals surface area contributed by atoms with Crippen molar-refractivity contribution in [1.82, 2.24) is 10.3 Å². The highest BCUT2D eigenvalue weighted by Crippen LogP contribution is 1.94. The standard InChI is InChI=1S/C10H16N2O3/c13-9(6-10(14)15)7-11-5-3-8-2-1-4-12-8/h1-2,4,9,11-13H,3,5-7H2,(H,14,15). The summed E-state index contributed by atoms with van der Waals surface area (Å²) in [6, 6.07) is 3.91. The highest BCUT2D eigenvalue weighted by atomic mass is 16.4. The van der Waals surface area contributed by atoms with Crippen LogP contribution in [0.4, 0.5) is 0 Å². The molecule has 0 saturated heterocycles. The zero-order chi connectivity index (χ0) is 11.1. The predicted molar refractivity (Wildman–Crippen MR) is 55.6 cm³/mol. The number of aliphatic hydroxyl groups excluding tert-OH is 1. The summed E-state index contributed by atoms with van der Waals surface area (Å²) in [7, 11) is 0. The van der Waals surface area contributed by atoms with Gasteiger partial charge in [-0.1, -0.05) is 0 Å². The normalized spacial score (nSPS) is 12.6. The Hall–Kier alpha value is -1.33. The Morgan fingerprint density at radius 1 is 1.60 bits per heavy atom. The summed E-state index contributed by atoms with van der Waals surface area (Å²) in [4.78, 5) is 13.3. The molecule has 1 atom stereocenters. The molecule has 1 aromatic heterocycles. The molecule has 15 heavy (non-hydrogen) atoms. The molecule has 5 nitrogen and oxygen atoms in total. The maximum absolute atomic E-state index is 10.2. The average molecular weight is 212 g/mol. The summed E-state index contributed by atoms with van der Waals surface area (Å²) in [5.41, 5.74) is 1.12. The van der Waals surface area contributed by atoms with Crippen molar-refractivity contribution in [1.29, 1.82) is 0 Å². The maximum atomic E-state index is 10.2. The van der Waals surface area contributed by atoms with Crippen molar-refractivity contribution in [2.24, 2.45) is 0 Å². The van der Waals surface area contributed by atoms with Gasteiger partial charge in [-0.25, -0.2) is 0 Å². The largest absolute Gasteiger partial charge is 0.481 e. The second-order valence-electron chi connectivity index (χ2n) is 3.40. The van der Waals surface area contributed by atoms with Gasteiger partial charge in [-0.15, -0.1) is 0 Å². The molecule has 0 amide bonds. The summed E-state index contributed by atoms with van der Waals surface area (Å²) in [6.07, 6.45) is 1.67. The van der Waals surface area contributed by atoms with Crippen LogP contribution in [0.5, 0.6) is 0 Å². The Morgan fingerprint density at radius 3 is 3.00 bits per heavy atom. The van der Waals surface area contributed by atoms with Crippen molar-refractivity contribution < 1.29 is 15.0 Å². The average Bonchev–Trinajstić information content (AvgIpc) is 2.63. The van der Waals surface area contributed by atoms with Crippen LogP contribution in [0.25, 0.3) is 0 Å². The maximum Gasteiger partial charge on any atom is 0.306 e. The smallest absolute Gasteiger partial charge is 0.306 e. The Kier molecular flexibility index (Phi) is 4.86. The van der Waals surface area contributed by atoms with Gasteiger partial charge in [-0.3, -0.25) is 4.79 Å². The number of hydrogen-bond acceptors (Lipinski definition) is 3.